The summed E-state index contributed by atoms with van der Waals surface area (Å²) in [6.45, 7) is 0. The summed E-state index contributed by atoms with van der Waals surface area (Å²) in [5.41, 5.74) is 1.46. The minimum Gasteiger partial charge on any atom is -0.479 e. The molecule has 3 rings (SSSR count). The largest absolute Gasteiger partial charge is 0.479 e. The first kappa shape index (κ1) is 17.6. The van der Waals surface area contributed by atoms with Crippen molar-refractivity contribution in [3.63, 3.8) is 0 Å². The van der Waals surface area contributed by atoms with E-state index in [4.69, 9.17) is 4.42 Å². The zero-order chi connectivity index (χ0) is 18.5. The van der Waals surface area contributed by atoms with Crippen molar-refractivity contribution >= 4 is 45.7 Å². The predicted molar refractivity (Wildman–Crippen MR) is 102 cm³/mol. The molecule has 1 heterocycles. The normalized spacial score (nSPS) is 11.4. The van der Waals surface area contributed by atoms with Crippen LogP contribution in [0, 0.1) is 10.1 Å². The Morgan fingerprint density at radius 1 is 1.19 bits per heavy atom. The molecule has 0 bridgehead atoms. The van der Waals surface area contributed by atoms with Gasteiger partial charge in [-0.1, -0.05) is 24.3 Å². The van der Waals surface area contributed by atoms with Crippen LogP contribution in [-0.4, -0.2) is 21.2 Å². The van der Waals surface area contributed by atoms with Crippen molar-refractivity contribution < 1.29 is 14.4 Å². The first-order valence-corrected chi connectivity index (χ1v) is 8.23. The van der Waals surface area contributed by atoms with Gasteiger partial charge < -0.3 is 9.52 Å². The van der Waals surface area contributed by atoms with Crippen molar-refractivity contribution in [2.24, 2.45) is 4.99 Å². The number of halogens is 1. The van der Waals surface area contributed by atoms with Crippen LogP contribution in [0.5, 0.6) is 5.95 Å². The molecule has 1 N–H and O–H groups in total. The molecule has 7 nitrogen and oxygen atoms in total. The monoisotopic (exact) mass is 413 g/mol. The Labute approximate surface area is 156 Å². The fraction of sp³-hybridized carbons (Fsp3) is 0. The van der Waals surface area contributed by atoms with Crippen molar-refractivity contribution in [1.82, 2.24) is 4.98 Å². The van der Waals surface area contributed by atoms with Crippen molar-refractivity contribution in [1.29, 1.82) is 0 Å². The van der Waals surface area contributed by atoms with Gasteiger partial charge in [-0.2, -0.15) is 0 Å². The second-order valence-electron chi connectivity index (χ2n) is 5.14. The van der Waals surface area contributed by atoms with E-state index in [9.17, 15) is 15.2 Å². The third-order valence-corrected chi connectivity index (χ3v) is 4.00. The van der Waals surface area contributed by atoms with Crippen LogP contribution >= 0.6 is 15.9 Å². The number of hydrogen-bond donors (Lipinski definition) is 1. The van der Waals surface area contributed by atoms with Crippen molar-refractivity contribution in [3.8, 4) is 5.95 Å². The van der Waals surface area contributed by atoms with Crippen LogP contribution in [0.4, 0.5) is 11.4 Å². The van der Waals surface area contributed by atoms with Gasteiger partial charge in [0, 0.05) is 22.7 Å². The van der Waals surface area contributed by atoms with Crippen LogP contribution in [0.1, 0.15) is 17.1 Å². The molecule has 130 valence electrons. The average Bonchev–Trinajstić information content (AvgIpc) is 2.99. The molecule has 2 aromatic carbocycles. The fourth-order valence-corrected chi connectivity index (χ4v) is 2.48. The summed E-state index contributed by atoms with van der Waals surface area (Å²) in [5, 5.41) is 20.6. The van der Waals surface area contributed by atoms with E-state index in [0.29, 0.717) is 11.3 Å². The van der Waals surface area contributed by atoms with Crippen molar-refractivity contribution in [3.05, 3.63) is 80.3 Å². The molecule has 0 saturated heterocycles. The van der Waals surface area contributed by atoms with E-state index in [0.717, 1.165) is 4.47 Å². The molecule has 0 atom stereocenters. The van der Waals surface area contributed by atoms with Crippen LogP contribution < -0.4 is 0 Å². The summed E-state index contributed by atoms with van der Waals surface area (Å²) in [4.78, 5) is 18.7. The highest BCUT2D eigenvalue weighted by Crippen LogP contribution is 2.25. The summed E-state index contributed by atoms with van der Waals surface area (Å²) in [5.74, 6) is -0.206. The van der Waals surface area contributed by atoms with Crippen LogP contribution in [0.3, 0.4) is 0 Å². The lowest BCUT2D eigenvalue weighted by Gasteiger charge is -1.95. The second kappa shape index (κ2) is 7.75. The van der Waals surface area contributed by atoms with Crippen molar-refractivity contribution in [2.45, 2.75) is 0 Å². The Kier molecular flexibility index (Phi) is 5.23. The number of rotatable bonds is 5. The Hall–Kier alpha value is -3.26. The SMILES string of the molecule is O=[N+]([O-])c1cccc(C=Cc2nc(C=Nc3ccccc3Br)c(O)o2)c1. The topological polar surface area (TPSA) is 102 Å². The molecule has 0 aliphatic rings. The molecule has 0 unspecified atom stereocenters. The molecule has 0 fully saturated rings. The number of benzene rings is 2. The smallest absolute Gasteiger partial charge is 0.312 e. The maximum absolute atomic E-state index is 10.8. The van der Waals surface area contributed by atoms with Gasteiger partial charge in [0.1, 0.15) is 0 Å². The third kappa shape index (κ3) is 4.22. The third-order valence-electron chi connectivity index (χ3n) is 3.33. The molecule has 0 saturated carbocycles. The lowest BCUT2D eigenvalue weighted by Crippen LogP contribution is -1.87. The lowest BCUT2D eigenvalue weighted by molar-refractivity contribution is -0.384. The number of hydrogen-bond acceptors (Lipinski definition) is 6. The molecule has 0 radical (unpaired) electrons. The number of non-ortho nitro benzene ring substituents is 1. The van der Waals surface area contributed by atoms with Crippen LogP contribution in [0.2, 0.25) is 0 Å². The zero-order valence-electron chi connectivity index (χ0n) is 13.2. The number of para-hydroxylation sites is 1. The molecular weight excluding hydrogens is 402 g/mol. The highest BCUT2D eigenvalue weighted by Gasteiger charge is 2.09. The van der Waals surface area contributed by atoms with Gasteiger partial charge in [0.05, 0.1) is 16.8 Å². The van der Waals surface area contributed by atoms with Crippen LogP contribution in [0.15, 0.2) is 62.4 Å². The molecule has 0 spiro atoms. The van der Waals surface area contributed by atoms with Gasteiger partial charge in [-0.3, -0.25) is 15.1 Å². The van der Waals surface area contributed by atoms with Gasteiger partial charge in [-0.25, -0.2) is 4.98 Å². The standard InChI is InChI=1S/C18H12BrN3O4/c19-14-6-1-2-7-15(14)20-11-16-18(23)26-17(21-16)9-8-12-4-3-5-13(10-12)22(24)25/h1-11,23H. The molecule has 0 aliphatic carbocycles. The van der Waals surface area contributed by atoms with E-state index < -0.39 is 4.92 Å². The highest BCUT2D eigenvalue weighted by molar-refractivity contribution is 9.10. The maximum atomic E-state index is 10.8. The molecule has 8 heteroatoms. The zero-order valence-corrected chi connectivity index (χ0v) is 14.8. The number of nitrogens with zero attached hydrogens (tertiary/aromatic N) is 3. The van der Waals surface area contributed by atoms with Gasteiger partial charge in [-0.15, -0.1) is 0 Å². The number of aromatic hydroxyl groups is 1. The molecule has 1 aromatic heterocycles. The van der Waals surface area contributed by atoms with Gasteiger partial charge >= 0.3 is 5.95 Å². The summed E-state index contributed by atoms with van der Waals surface area (Å²) >= 11 is 3.38. The predicted octanol–water partition coefficient (Wildman–Crippen LogP) is 4.97. The Morgan fingerprint density at radius 2 is 2.00 bits per heavy atom. The Bertz CT molecular complexity index is 1010. The number of aliphatic imine (C=N–C) groups is 1. The fourth-order valence-electron chi connectivity index (χ4n) is 2.09. The number of aromatic nitrogens is 1. The number of nitro groups is 1. The van der Waals surface area contributed by atoms with Gasteiger partial charge in [0.2, 0.25) is 5.89 Å². The highest BCUT2D eigenvalue weighted by atomic mass is 79.9. The number of nitro benzene ring substituents is 1. The summed E-state index contributed by atoms with van der Waals surface area (Å²) in [7, 11) is 0. The minimum atomic E-state index is -0.468. The van der Waals surface area contributed by atoms with E-state index in [-0.39, 0.29) is 23.2 Å². The summed E-state index contributed by atoms with van der Waals surface area (Å²) in [6, 6.07) is 13.5. The molecule has 0 amide bonds. The van der Waals surface area contributed by atoms with Gasteiger partial charge in [0.15, 0.2) is 5.69 Å². The van der Waals surface area contributed by atoms with Gasteiger partial charge in [0.25, 0.3) is 5.69 Å². The van der Waals surface area contributed by atoms with Crippen molar-refractivity contribution in [2.75, 3.05) is 0 Å². The average molecular weight is 414 g/mol. The quantitative estimate of drug-likeness (QED) is 0.361. The number of oxazole rings is 1. The van der Waals surface area contributed by atoms with E-state index in [1.807, 2.05) is 18.2 Å². The van der Waals surface area contributed by atoms with E-state index in [1.54, 1.807) is 24.3 Å². The molecule has 3 aromatic rings. The van der Waals surface area contributed by atoms with E-state index in [2.05, 4.69) is 25.9 Å². The van der Waals surface area contributed by atoms with Crippen LogP contribution in [0.25, 0.3) is 12.2 Å². The maximum Gasteiger partial charge on any atom is 0.312 e. The van der Waals surface area contributed by atoms with E-state index >= 15 is 0 Å². The second-order valence-corrected chi connectivity index (χ2v) is 5.99. The summed E-state index contributed by atoms with van der Waals surface area (Å²) in [6.07, 6.45) is 4.51. The molecule has 26 heavy (non-hydrogen) atoms. The molecular formula is C18H12BrN3O4. The summed E-state index contributed by atoms with van der Waals surface area (Å²) < 4.78 is 5.96. The lowest BCUT2D eigenvalue weighted by atomic mass is 10.2. The first-order chi connectivity index (χ1) is 12.5. The van der Waals surface area contributed by atoms with E-state index in [1.165, 1.54) is 24.4 Å². The van der Waals surface area contributed by atoms with Gasteiger partial charge in [-0.05, 0) is 39.7 Å². The Morgan fingerprint density at radius 3 is 2.77 bits per heavy atom. The molecule has 0 aliphatic heterocycles. The first-order valence-electron chi connectivity index (χ1n) is 7.44. The Balaban J connectivity index is 1.79. The van der Waals surface area contributed by atoms with Crippen LogP contribution in [-0.2, 0) is 0 Å². The minimum absolute atomic E-state index is 0.0105.